The van der Waals surface area contributed by atoms with Gasteiger partial charge in [-0.05, 0) is 37.1 Å². The molecule has 8 heteroatoms. The van der Waals surface area contributed by atoms with Crippen LogP contribution in [-0.2, 0) is 0 Å². The molecule has 27 heavy (non-hydrogen) atoms. The summed E-state index contributed by atoms with van der Waals surface area (Å²) >= 11 is 0. The summed E-state index contributed by atoms with van der Waals surface area (Å²) in [6, 6.07) is 10.4. The lowest BCUT2D eigenvalue weighted by molar-refractivity contribution is 0.556. The zero-order chi connectivity index (χ0) is 18.4. The van der Waals surface area contributed by atoms with Crippen molar-refractivity contribution in [1.82, 2.24) is 29.9 Å². The van der Waals surface area contributed by atoms with Crippen molar-refractivity contribution in [3.8, 4) is 0 Å². The zero-order valence-electron chi connectivity index (χ0n) is 15.0. The maximum absolute atomic E-state index is 6.03. The van der Waals surface area contributed by atoms with Crippen LogP contribution >= 0.6 is 0 Å². The van der Waals surface area contributed by atoms with Gasteiger partial charge in [0.25, 0.3) is 0 Å². The second kappa shape index (κ2) is 6.24. The molecule has 0 amide bonds. The van der Waals surface area contributed by atoms with E-state index < -0.39 is 0 Å². The van der Waals surface area contributed by atoms with Crippen molar-refractivity contribution < 1.29 is 0 Å². The van der Waals surface area contributed by atoms with Gasteiger partial charge in [0.15, 0.2) is 0 Å². The minimum absolute atomic E-state index is 0.0232. The molecule has 0 bridgehead atoms. The van der Waals surface area contributed by atoms with Crippen LogP contribution < -0.4 is 10.6 Å². The number of rotatable bonds is 3. The van der Waals surface area contributed by atoms with Crippen LogP contribution in [0.1, 0.15) is 24.9 Å². The Balaban J connectivity index is 1.54. The third kappa shape index (κ3) is 2.78. The molecule has 4 heterocycles. The van der Waals surface area contributed by atoms with Crippen molar-refractivity contribution in [1.29, 1.82) is 0 Å². The third-order valence-electron chi connectivity index (χ3n) is 5.20. The number of aromatic nitrogens is 6. The normalized spacial score (nSPS) is 18.4. The van der Waals surface area contributed by atoms with Gasteiger partial charge in [-0.1, -0.05) is 17.3 Å². The Morgan fingerprint density at radius 3 is 3.00 bits per heavy atom. The van der Waals surface area contributed by atoms with Crippen molar-refractivity contribution in [3.05, 3.63) is 48.3 Å². The maximum Gasteiger partial charge on any atom is 0.221 e. The quantitative estimate of drug-likeness (QED) is 0.596. The zero-order valence-corrected chi connectivity index (χ0v) is 15.0. The van der Waals surface area contributed by atoms with Gasteiger partial charge in [-0.2, -0.15) is 0 Å². The Labute approximate surface area is 156 Å². The van der Waals surface area contributed by atoms with Gasteiger partial charge >= 0.3 is 0 Å². The number of hydrogen-bond donors (Lipinski definition) is 1. The van der Waals surface area contributed by atoms with Crippen LogP contribution in [0.5, 0.6) is 0 Å². The molecule has 0 radical (unpaired) electrons. The van der Waals surface area contributed by atoms with Gasteiger partial charge in [0.1, 0.15) is 5.82 Å². The maximum atomic E-state index is 6.03. The summed E-state index contributed by atoms with van der Waals surface area (Å²) in [4.78, 5) is 15.8. The van der Waals surface area contributed by atoms with Crippen LogP contribution in [0.3, 0.4) is 0 Å². The van der Waals surface area contributed by atoms with E-state index in [1.165, 1.54) is 0 Å². The first-order valence-corrected chi connectivity index (χ1v) is 9.12. The van der Waals surface area contributed by atoms with Crippen LogP contribution in [0, 0.1) is 0 Å². The van der Waals surface area contributed by atoms with Gasteiger partial charge in [-0.25, -0.2) is 14.6 Å². The summed E-state index contributed by atoms with van der Waals surface area (Å²) in [6.45, 7) is 3.79. The minimum atomic E-state index is -0.0232. The van der Waals surface area contributed by atoms with E-state index in [1.807, 2.05) is 16.8 Å². The van der Waals surface area contributed by atoms with Crippen molar-refractivity contribution in [2.24, 2.45) is 5.73 Å². The molecule has 1 saturated heterocycles. The standard InChI is InChI=1S/C19H20N8/c1-12(13-4-5-16-14(9-13)3-2-7-21-16)27-19-18(24-25-27)22-10-17(23-19)26-8-6-15(20)11-26/h2-5,7,9-10,12,15H,6,8,11,20H2,1H3/t12?,15-/m1/s1. The van der Waals surface area contributed by atoms with Crippen LogP contribution in [0.2, 0.25) is 0 Å². The molecule has 5 rings (SSSR count). The topological polar surface area (TPSA) is 98.6 Å². The lowest BCUT2D eigenvalue weighted by Crippen LogP contribution is -2.27. The van der Waals surface area contributed by atoms with E-state index in [9.17, 15) is 0 Å². The molecule has 0 saturated carbocycles. The van der Waals surface area contributed by atoms with Crippen molar-refractivity contribution in [2.45, 2.75) is 25.4 Å². The molecule has 0 spiro atoms. The number of nitrogens with two attached hydrogens (primary N) is 1. The highest BCUT2D eigenvalue weighted by atomic mass is 15.5. The molecule has 8 nitrogen and oxygen atoms in total. The van der Waals surface area contributed by atoms with E-state index in [-0.39, 0.29) is 12.1 Å². The molecule has 2 N–H and O–H groups in total. The Morgan fingerprint density at radius 1 is 1.22 bits per heavy atom. The second-order valence-corrected chi connectivity index (χ2v) is 7.04. The molecular weight excluding hydrogens is 340 g/mol. The van der Waals surface area contributed by atoms with Gasteiger partial charge in [0.05, 0.1) is 17.8 Å². The molecule has 1 aromatic carbocycles. The van der Waals surface area contributed by atoms with Gasteiger partial charge < -0.3 is 10.6 Å². The lowest BCUT2D eigenvalue weighted by atomic mass is 10.1. The molecule has 1 aliphatic rings. The summed E-state index contributed by atoms with van der Waals surface area (Å²) in [5.41, 5.74) is 9.37. The number of pyridine rings is 1. The molecule has 1 unspecified atom stereocenters. The lowest BCUT2D eigenvalue weighted by Gasteiger charge is -2.17. The first kappa shape index (κ1) is 16.1. The Morgan fingerprint density at radius 2 is 2.15 bits per heavy atom. The van der Waals surface area contributed by atoms with Crippen LogP contribution in [-0.4, -0.2) is 49.1 Å². The summed E-state index contributed by atoms with van der Waals surface area (Å²) in [5.74, 6) is 0.828. The largest absolute Gasteiger partial charge is 0.354 e. The molecule has 3 aromatic heterocycles. The summed E-state index contributed by atoms with van der Waals surface area (Å²) in [6.07, 6.45) is 4.53. The number of benzene rings is 1. The monoisotopic (exact) mass is 360 g/mol. The van der Waals surface area contributed by atoms with E-state index in [0.29, 0.717) is 11.3 Å². The van der Waals surface area contributed by atoms with E-state index in [4.69, 9.17) is 10.7 Å². The van der Waals surface area contributed by atoms with Crippen LogP contribution in [0.15, 0.2) is 42.7 Å². The summed E-state index contributed by atoms with van der Waals surface area (Å²) in [5, 5.41) is 9.61. The molecule has 1 fully saturated rings. The van der Waals surface area contributed by atoms with Crippen molar-refractivity contribution in [3.63, 3.8) is 0 Å². The Hall–Kier alpha value is -3.13. The predicted octanol–water partition coefficient (Wildman–Crippen LogP) is 1.92. The fourth-order valence-corrected chi connectivity index (χ4v) is 3.62. The molecule has 1 aliphatic heterocycles. The van der Waals surface area contributed by atoms with Crippen LogP contribution in [0.25, 0.3) is 22.2 Å². The van der Waals surface area contributed by atoms with E-state index >= 15 is 0 Å². The summed E-state index contributed by atoms with van der Waals surface area (Å²) < 4.78 is 1.83. The predicted molar refractivity (Wildman–Crippen MR) is 103 cm³/mol. The molecular formula is C19H20N8. The molecule has 2 atom stereocenters. The van der Waals surface area contributed by atoms with Gasteiger partial charge in [0.2, 0.25) is 11.3 Å². The average Bonchev–Trinajstić information content (AvgIpc) is 3.32. The Bertz CT molecular complexity index is 1120. The first-order valence-electron chi connectivity index (χ1n) is 9.12. The fourth-order valence-electron chi connectivity index (χ4n) is 3.62. The average molecular weight is 360 g/mol. The second-order valence-electron chi connectivity index (χ2n) is 7.04. The molecule has 4 aromatic rings. The fraction of sp³-hybridized carbons (Fsp3) is 0.316. The van der Waals surface area contributed by atoms with Crippen LogP contribution in [0.4, 0.5) is 5.82 Å². The summed E-state index contributed by atoms with van der Waals surface area (Å²) in [7, 11) is 0. The number of hydrogen-bond acceptors (Lipinski definition) is 7. The minimum Gasteiger partial charge on any atom is -0.354 e. The number of nitrogens with zero attached hydrogens (tertiary/aromatic N) is 7. The van der Waals surface area contributed by atoms with E-state index in [1.54, 1.807) is 12.4 Å². The number of anilines is 1. The van der Waals surface area contributed by atoms with Crippen molar-refractivity contribution in [2.75, 3.05) is 18.0 Å². The van der Waals surface area contributed by atoms with Gasteiger partial charge in [-0.15, -0.1) is 5.10 Å². The number of fused-ring (bicyclic) bond motifs is 2. The molecule has 136 valence electrons. The van der Waals surface area contributed by atoms with Gasteiger partial charge in [-0.3, -0.25) is 4.98 Å². The van der Waals surface area contributed by atoms with Crippen molar-refractivity contribution >= 4 is 28.0 Å². The van der Waals surface area contributed by atoms with E-state index in [2.05, 4.69) is 50.3 Å². The first-order chi connectivity index (χ1) is 13.2. The smallest absolute Gasteiger partial charge is 0.221 e. The Kier molecular flexibility index (Phi) is 3.71. The van der Waals surface area contributed by atoms with E-state index in [0.717, 1.165) is 41.8 Å². The molecule has 0 aliphatic carbocycles. The highest BCUT2D eigenvalue weighted by Gasteiger charge is 2.22. The highest BCUT2D eigenvalue weighted by molar-refractivity contribution is 5.79. The SMILES string of the molecule is CC(c1ccc2ncccc2c1)n1nnc2ncc(N3CC[C@@H](N)C3)nc21. The third-order valence-corrected chi connectivity index (χ3v) is 5.20. The highest BCUT2D eigenvalue weighted by Crippen LogP contribution is 2.25. The van der Waals surface area contributed by atoms with Gasteiger partial charge in [0, 0.05) is 30.7 Å².